The number of nitrogens with zero attached hydrogens (tertiary/aromatic N) is 3. The van der Waals surface area contributed by atoms with Gasteiger partial charge >= 0.3 is 5.97 Å². The Kier molecular flexibility index (Phi) is 5.67. The highest BCUT2D eigenvalue weighted by Crippen LogP contribution is 2.28. The van der Waals surface area contributed by atoms with Crippen molar-refractivity contribution in [3.63, 3.8) is 0 Å². The van der Waals surface area contributed by atoms with Gasteiger partial charge in [0.1, 0.15) is 5.82 Å². The Morgan fingerprint density at radius 3 is 2.69 bits per heavy atom. The van der Waals surface area contributed by atoms with Crippen molar-refractivity contribution >= 4 is 5.97 Å². The highest BCUT2D eigenvalue weighted by Gasteiger charge is 2.22. The molecule has 148 valence electrons. The molecule has 0 amide bonds. The Hall–Kier alpha value is -3.05. The van der Waals surface area contributed by atoms with Gasteiger partial charge in [-0.15, -0.1) is 0 Å². The summed E-state index contributed by atoms with van der Waals surface area (Å²) in [6.07, 6.45) is 4.18. The van der Waals surface area contributed by atoms with Crippen LogP contribution in [-0.4, -0.2) is 39.0 Å². The Morgan fingerprint density at radius 1 is 1.14 bits per heavy atom. The third kappa shape index (κ3) is 4.51. The number of carbonyl (C=O) groups is 1. The molecule has 0 spiro atoms. The van der Waals surface area contributed by atoms with Crippen LogP contribution in [-0.2, 0) is 6.54 Å². The van der Waals surface area contributed by atoms with E-state index in [1.54, 1.807) is 12.1 Å². The van der Waals surface area contributed by atoms with E-state index in [2.05, 4.69) is 27.0 Å². The number of hydrogen-bond donors (Lipinski definition) is 1. The van der Waals surface area contributed by atoms with Gasteiger partial charge in [-0.25, -0.2) is 14.8 Å². The molecule has 1 N–H and O–H groups in total. The smallest absolute Gasteiger partial charge is 0.336 e. The van der Waals surface area contributed by atoms with Crippen molar-refractivity contribution in [1.82, 2.24) is 14.9 Å². The summed E-state index contributed by atoms with van der Waals surface area (Å²) in [4.78, 5) is 22.8. The van der Waals surface area contributed by atoms with Crippen molar-refractivity contribution in [2.45, 2.75) is 32.2 Å². The number of likely N-dealkylation sites (tertiary alicyclic amines) is 1. The largest absolute Gasteiger partial charge is 0.478 e. The molecule has 3 aromatic rings. The van der Waals surface area contributed by atoms with Crippen molar-refractivity contribution in [2.75, 3.05) is 13.1 Å². The molecular formula is C24H25N3O2. The molecule has 4 rings (SSSR count). The fourth-order valence-corrected chi connectivity index (χ4v) is 4.11. The lowest BCUT2D eigenvalue weighted by atomic mass is 9.94. The maximum Gasteiger partial charge on any atom is 0.336 e. The van der Waals surface area contributed by atoms with Crippen LogP contribution in [0.3, 0.4) is 0 Å². The van der Waals surface area contributed by atoms with E-state index in [0.717, 1.165) is 55.1 Å². The molecule has 0 unspecified atom stereocenters. The summed E-state index contributed by atoms with van der Waals surface area (Å²) in [6, 6.07) is 17.4. The summed E-state index contributed by atoms with van der Waals surface area (Å²) in [5, 5.41) is 9.42. The van der Waals surface area contributed by atoms with Crippen LogP contribution in [0.5, 0.6) is 0 Å². The van der Waals surface area contributed by atoms with Crippen molar-refractivity contribution in [3.8, 4) is 11.1 Å². The minimum atomic E-state index is -0.899. The predicted octanol–water partition coefficient (Wildman–Crippen LogP) is 4.53. The fourth-order valence-electron chi connectivity index (χ4n) is 4.11. The molecule has 1 saturated heterocycles. The van der Waals surface area contributed by atoms with E-state index in [9.17, 15) is 9.90 Å². The third-order valence-electron chi connectivity index (χ3n) is 5.55. The van der Waals surface area contributed by atoms with Crippen LogP contribution < -0.4 is 0 Å². The number of benzene rings is 2. The van der Waals surface area contributed by atoms with Crippen molar-refractivity contribution in [1.29, 1.82) is 0 Å². The first kappa shape index (κ1) is 19.3. The van der Waals surface area contributed by atoms with E-state index in [0.29, 0.717) is 11.5 Å². The van der Waals surface area contributed by atoms with Gasteiger partial charge in [0.2, 0.25) is 0 Å². The molecule has 0 saturated carbocycles. The van der Waals surface area contributed by atoms with Crippen LogP contribution >= 0.6 is 0 Å². The molecular weight excluding hydrogens is 362 g/mol. The normalized spacial score (nSPS) is 17.2. The number of aromatic nitrogens is 2. The molecule has 2 aromatic carbocycles. The van der Waals surface area contributed by atoms with Crippen LogP contribution in [0.2, 0.25) is 0 Å². The van der Waals surface area contributed by atoms with E-state index in [1.807, 2.05) is 43.5 Å². The Bertz CT molecular complexity index is 1000. The minimum Gasteiger partial charge on any atom is -0.478 e. The predicted molar refractivity (Wildman–Crippen MR) is 113 cm³/mol. The number of rotatable bonds is 5. The summed E-state index contributed by atoms with van der Waals surface area (Å²) in [7, 11) is 0. The molecule has 1 aliphatic heterocycles. The Labute approximate surface area is 171 Å². The maximum atomic E-state index is 11.5. The van der Waals surface area contributed by atoms with Gasteiger partial charge in [-0.2, -0.15) is 0 Å². The van der Waals surface area contributed by atoms with E-state index >= 15 is 0 Å². The summed E-state index contributed by atoms with van der Waals surface area (Å²) < 4.78 is 0. The number of carboxylic acid groups (broad SMARTS) is 1. The van der Waals surface area contributed by atoms with Crippen molar-refractivity contribution in [2.24, 2.45) is 0 Å². The zero-order valence-electron chi connectivity index (χ0n) is 16.6. The number of carboxylic acids is 1. The number of aryl methyl sites for hydroxylation is 1. The number of hydrogen-bond acceptors (Lipinski definition) is 4. The second kappa shape index (κ2) is 8.53. The SMILES string of the molecule is Cc1nccc([C@H]2CCCN(Cc3ccc(-c4ccccc4C(=O)O)cc3)C2)n1. The lowest BCUT2D eigenvalue weighted by Crippen LogP contribution is -2.34. The molecule has 29 heavy (non-hydrogen) atoms. The quantitative estimate of drug-likeness (QED) is 0.697. The van der Waals surface area contributed by atoms with Gasteiger partial charge in [0.05, 0.1) is 5.56 Å². The third-order valence-corrected chi connectivity index (χ3v) is 5.55. The molecule has 0 bridgehead atoms. The average Bonchev–Trinajstić information content (AvgIpc) is 2.74. The highest BCUT2D eigenvalue weighted by molar-refractivity contribution is 5.95. The van der Waals surface area contributed by atoms with E-state index in [4.69, 9.17) is 0 Å². The first-order valence-corrected chi connectivity index (χ1v) is 10.0. The van der Waals surface area contributed by atoms with Crippen LogP contribution in [0.15, 0.2) is 60.8 Å². The molecule has 0 aliphatic carbocycles. The highest BCUT2D eigenvalue weighted by atomic mass is 16.4. The summed E-state index contributed by atoms with van der Waals surface area (Å²) in [5.74, 6) is 0.382. The van der Waals surface area contributed by atoms with E-state index < -0.39 is 5.97 Å². The van der Waals surface area contributed by atoms with Gasteiger partial charge in [0.25, 0.3) is 0 Å². The molecule has 5 nitrogen and oxygen atoms in total. The van der Waals surface area contributed by atoms with Crippen molar-refractivity contribution < 1.29 is 9.90 Å². The fraction of sp³-hybridized carbons (Fsp3) is 0.292. The summed E-state index contributed by atoms with van der Waals surface area (Å²) in [6.45, 7) is 4.92. The number of piperidine rings is 1. The monoisotopic (exact) mass is 387 g/mol. The Balaban J connectivity index is 1.46. The van der Waals surface area contributed by atoms with Gasteiger partial charge in [-0.05, 0) is 55.1 Å². The lowest BCUT2D eigenvalue weighted by Gasteiger charge is -2.32. The Morgan fingerprint density at radius 2 is 1.93 bits per heavy atom. The zero-order valence-corrected chi connectivity index (χ0v) is 16.6. The molecule has 5 heteroatoms. The van der Waals surface area contributed by atoms with Gasteiger partial charge < -0.3 is 5.11 Å². The van der Waals surface area contributed by atoms with Crippen molar-refractivity contribution in [3.05, 3.63) is 83.4 Å². The summed E-state index contributed by atoms with van der Waals surface area (Å²) >= 11 is 0. The molecule has 2 heterocycles. The topological polar surface area (TPSA) is 66.3 Å². The van der Waals surface area contributed by atoms with Crippen LogP contribution in [0, 0.1) is 6.92 Å². The summed E-state index contributed by atoms with van der Waals surface area (Å²) in [5.41, 5.74) is 4.40. The number of aromatic carboxylic acids is 1. The molecule has 1 aliphatic rings. The molecule has 1 fully saturated rings. The van der Waals surface area contributed by atoms with Crippen LogP contribution in [0.25, 0.3) is 11.1 Å². The minimum absolute atomic E-state index is 0.333. The van der Waals surface area contributed by atoms with Gasteiger partial charge in [-0.3, -0.25) is 4.90 Å². The maximum absolute atomic E-state index is 11.5. The van der Waals surface area contributed by atoms with Crippen LogP contribution in [0.1, 0.15) is 46.2 Å². The van der Waals surface area contributed by atoms with Gasteiger partial charge in [-0.1, -0.05) is 42.5 Å². The standard InChI is InChI=1S/C24H25N3O2/c1-17-25-13-12-23(26-17)20-5-4-14-27(16-20)15-18-8-10-19(11-9-18)21-6-2-3-7-22(21)24(28)29/h2-3,6-13,20H,4-5,14-16H2,1H3,(H,28,29)/t20-/m0/s1. The molecule has 1 atom stereocenters. The lowest BCUT2D eigenvalue weighted by molar-refractivity contribution is 0.0697. The van der Waals surface area contributed by atoms with E-state index in [-0.39, 0.29) is 0 Å². The van der Waals surface area contributed by atoms with Gasteiger partial charge in [0.15, 0.2) is 0 Å². The zero-order chi connectivity index (χ0) is 20.2. The first-order valence-electron chi connectivity index (χ1n) is 10.0. The van der Waals surface area contributed by atoms with E-state index in [1.165, 1.54) is 5.56 Å². The average molecular weight is 387 g/mol. The molecule has 0 radical (unpaired) electrons. The second-order valence-corrected chi connectivity index (χ2v) is 7.65. The first-order chi connectivity index (χ1) is 14.1. The van der Waals surface area contributed by atoms with Crippen LogP contribution in [0.4, 0.5) is 0 Å². The van der Waals surface area contributed by atoms with Gasteiger partial charge in [0, 0.05) is 30.9 Å². The molecule has 1 aromatic heterocycles. The second-order valence-electron chi connectivity index (χ2n) is 7.65.